The zero-order valence-electron chi connectivity index (χ0n) is 11.0. The van der Waals surface area contributed by atoms with Crippen molar-refractivity contribution in [1.82, 2.24) is 14.7 Å². The number of nitrogens with zero attached hydrogens (tertiary/aromatic N) is 3. The highest BCUT2D eigenvalue weighted by Gasteiger charge is 2.22. The van der Waals surface area contributed by atoms with E-state index in [4.69, 9.17) is 0 Å². The second kappa shape index (κ2) is 6.47. The summed E-state index contributed by atoms with van der Waals surface area (Å²) in [6, 6.07) is 0. The van der Waals surface area contributed by atoms with E-state index in [-0.39, 0.29) is 0 Å². The van der Waals surface area contributed by atoms with Gasteiger partial charge in [0.05, 0.1) is 6.54 Å². The molecule has 17 heavy (non-hydrogen) atoms. The maximum absolute atomic E-state index is 10.4. The Morgan fingerprint density at radius 3 is 2.18 bits per heavy atom. The SMILES string of the molecule is CN1CCC(CN2CCN(CC=O)CC2)CC1. The normalized spacial score (nSPS) is 26.2. The van der Waals surface area contributed by atoms with Gasteiger partial charge in [0.1, 0.15) is 6.29 Å². The van der Waals surface area contributed by atoms with Crippen LogP contribution in [0, 0.1) is 5.92 Å². The topological polar surface area (TPSA) is 26.8 Å². The van der Waals surface area contributed by atoms with Crippen LogP contribution in [0.1, 0.15) is 12.8 Å². The summed E-state index contributed by atoms with van der Waals surface area (Å²) in [5.41, 5.74) is 0. The first-order chi connectivity index (χ1) is 8.28. The molecule has 0 saturated carbocycles. The van der Waals surface area contributed by atoms with Crippen LogP contribution in [0.15, 0.2) is 0 Å². The predicted molar refractivity (Wildman–Crippen MR) is 69.2 cm³/mol. The number of hydrogen-bond donors (Lipinski definition) is 0. The molecule has 2 fully saturated rings. The lowest BCUT2D eigenvalue weighted by Gasteiger charge is -2.37. The minimum absolute atomic E-state index is 0.613. The maximum Gasteiger partial charge on any atom is 0.133 e. The summed E-state index contributed by atoms with van der Waals surface area (Å²) in [7, 11) is 2.22. The van der Waals surface area contributed by atoms with Crippen molar-refractivity contribution in [1.29, 1.82) is 0 Å². The molecule has 4 nitrogen and oxygen atoms in total. The second-order valence-electron chi connectivity index (χ2n) is 5.51. The van der Waals surface area contributed by atoms with Crippen LogP contribution in [-0.4, -0.2) is 80.4 Å². The van der Waals surface area contributed by atoms with Crippen molar-refractivity contribution in [3.63, 3.8) is 0 Å². The summed E-state index contributed by atoms with van der Waals surface area (Å²) in [4.78, 5) is 17.7. The minimum Gasteiger partial charge on any atom is -0.306 e. The number of piperazine rings is 1. The van der Waals surface area contributed by atoms with Gasteiger partial charge in [-0.15, -0.1) is 0 Å². The largest absolute Gasteiger partial charge is 0.306 e. The summed E-state index contributed by atoms with van der Waals surface area (Å²) in [6.45, 7) is 8.80. The number of aldehydes is 1. The van der Waals surface area contributed by atoms with Gasteiger partial charge in [0.15, 0.2) is 0 Å². The molecule has 2 rings (SSSR count). The molecule has 0 aromatic heterocycles. The molecular formula is C13H25N3O. The molecule has 0 unspecified atom stereocenters. The van der Waals surface area contributed by atoms with Crippen LogP contribution in [-0.2, 0) is 4.79 Å². The van der Waals surface area contributed by atoms with Gasteiger partial charge in [0.25, 0.3) is 0 Å². The third-order valence-corrected chi connectivity index (χ3v) is 4.15. The Hall–Kier alpha value is -0.450. The molecule has 0 amide bonds. The fourth-order valence-electron chi connectivity index (χ4n) is 2.87. The molecule has 0 spiro atoms. The van der Waals surface area contributed by atoms with Gasteiger partial charge in [-0.3, -0.25) is 4.90 Å². The van der Waals surface area contributed by atoms with Gasteiger partial charge in [-0.1, -0.05) is 0 Å². The third kappa shape index (κ3) is 4.05. The lowest BCUT2D eigenvalue weighted by atomic mass is 9.96. The lowest BCUT2D eigenvalue weighted by Crippen LogP contribution is -2.48. The maximum atomic E-state index is 10.4. The molecule has 0 radical (unpaired) electrons. The minimum atomic E-state index is 0.613. The van der Waals surface area contributed by atoms with E-state index < -0.39 is 0 Å². The molecule has 2 aliphatic rings. The average Bonchev–Trinajstić information content (AvgIpc) is 2.35. The fourth-order valence-corrected chi connectivity index (χ4v) is 2.87. The first-order valence-corrected chi connectivity index (χ1v) is 6.85. The van der Waals surface area contributed by atoms with Gasteiger partial charge < -0.3 is 14.6 Å². The lowest BCUT2D eigenvalue weighted by molar-refractivity contribution is -0.109. The van der Waals surface area contributed by atoms with Gasteiger partial charge in [-0.2, -0.15) is 0 Å². The van der Waals surface area contributed by atoms with Gasteiger partial charge in [0, 0.05) is 32.7 Å². The summed E-state index contributed by atoms with van der Waals surface area (Å²) >= 11 is 0. The quantitative estimate of drug-likeness (QED) is 0.652. The van der Waals surface area contributed by atoms with Crippen molar-refractivity contribution < 1.29 is 4.79 Å². The van der Waals surface area contributed by atoms with E-state index in [1.807, 2.05) is 0 Å². The van der Waals surface area contributed by atoms with E-state index in [0.29, 0.717) is 6.54 Å². The average molecular weight is 239 g/mol. The molecule has 0 aliphatic carbocycles. The van der Waals surface area contributed by atoms with Gasteiger partial charge in [0.2, 0.25) is 0 Å². The molecule has 4 heteroatoms. The predicted octanol–water partition coefficient (Wildman–Crippen LogP) is 0.145. The van der Waals surface area contributed by atoms with E-state index in [0.717, 1.165) is 38.4 Å². The van der Waals surface area contributed by atoms with E-state index in [1.54, 1.807) is 0 Å². The highest BCUT2D eigenvalue weighted by atomic mass is 16.1. The van der Waals surface area contributed by atoms with Crippen LogP contribution in [0.4, 0.5) is 0 Å². The van der Waals surface area contributed by atoms with Crippen LogP contribution in [0.2, 0.25) is 0 Å². The van der Waals surface area contributed by atoms with Crippen molar-refractivity contribution in [3.8, 4) is 0 Å². The van der Waals surface area contributed by atoms with E-state index in [2.05, 4.69) is 21.7 Å². The van der Waals surface area contributed by atoms with E-state index in [1.165, 1.54) is 32.5 Å². The Morgan fingerprint density at radius 2 is 1.59 bits per heavy atom. The molecule has 0 bridgehead atoms. The summed E-state index contributed by atoms with van der Waals surface area (Å²) in [5.74, 6) is 0.892. The third-order valence-electron chi connectivity index (χ3n) is 4.15. The number of likely N-dealkylation sites (tertiary alicyclic amines) is 1. The van der Waals surface area contributed by atoms with Gasteiger partial charge in [-0.05, 0) is 38.9 Å². The fraction of sp³-hybridized carbons (Fsp3) is 0.923. The van der Waals surface area contributed by atoms with Crippen LogP contribution in [0.5, 0.6) is 0 Å². The number of carbonyl (C=O) groups excluding carboxylic acids is 1. The first kappa shape index (κ1) is 13.0. The molecule has 2 saturated heterocycles. The van der Waals surface area contributed by atoms with Crippen LogP contribution < -0.4 is 0 Å². The molecule has 0 N–H and O–H groups in total. The van der Waals surface area contributed by atoms with Crippen LogP contribution in [0.25, 0.3) is 0 Å². The Labute approximate surface area is 105 Å². The molecule has 98 valence electrons. The Morgan fingerprint density at radius 1 is 1.00 bits per heavy atom. The molecule has 0 atom stereocenters. The van der Waals surface area contributed by atoms with Crippen molar-refractivity contribution in [3.05, 3.63) is 0 Å². The first-order valence-electron chi connectivity index (χ1n) is 6.85. The Kier molecular flexibility index (Phi) is 4.95. The number of rotatable bonds is 4. The van der Waals surface area contributed by atoms with E-state index >= 15 is 0 Å². The van der Waals surface area contributed by atoms with Crippen molar-refractivity contribution in [2.24, 2.45) is 5.92 Å². The highest BCUT2D eigenvalue weighted by molar-refractivity contribution is 5.51. The zero-order chi connectivity index (χ0) is 12.1. The molecule has 0 aromatic carbocycles. The Balaban J connectivity index is 1.66. The standard InChI is InChI=1S/C13H25N3O/c1-14-4-2-13(3-5-14)12-16-8-6-15(7-9-16)10-11-17/h11,13H,2-10,12H2,1H3. The summed E-state index contributed by atoms with van der Waals surface area (Å²) in [6.07, 6.45) is 3.72. The van der Waals surface area contributed by atoms with Crippen LogP contribution >= 0.6 is 0 Å². The zero-order valence-corrected chi connectivity index (χ0v) is 11.0. The Bertz CT molecular complexity index is 231. The van der Waals surface area contributed by atoms with E-state index in [9.17, 15) is 4.79 Å². The second-order valence-corrected chi connectivity index (χ2v) is 5.51. The number of piperidine rings is 1. The van der Waals surface area contributed by atoms with Crippen molar-refractivity contribution in [2.75, 3.05) is 59.4 Å². The summed E-state index contributed by atoms with van der Waals surface area (Å²) in [5, 5.41) is 0. The van der Waals surface area contributed by atoms with Crippen molar-refractivity contribution >= 4 is 6.29 Å². The van der Waals surface area contributed by atoms with Gasteiger partial charge in [-0.25, -0.2) is 0 Å². The van der Waals surface area contributed by atoms with Crippen molar-refractivity contribution in [2.45, 2.75) is 12.8 Å². The van der Waals surface area contributed by atoms with Gasteiger partial charge >= 0.3 is 0 Å². The molecule has 0 aromatic rings. The van der Waals surface area contributed by atoms with Crippen LogP contribution in [0.3, 0.4) is 0 Å². The smallest absolute Gasteiger partial charge is 0.133 e. The molecular weight excluding hydrogens is 214 g/mol. The number of carbonyl (C=O) groups is 1. The monoisotopic (exact) mass is 239 g/mol. The molecule has 2 heterocycles. The number of hydrogen-bond acceptors (Lipinski definition) is 4. The molecule has 2 aliphatic heterocycles. The summed E-state index contributed by atoms with van der Waals surface area (Å²) < 4.78 is 0. The highest BCUT2D eigenvalue weighted by Crippen LogP contribution is 2.17.